The second kappa shape index (κ2) is 6.90. The van der Waals surface area contributed by atoms with Crippen LogP contribution in [0, 0.1) is 0 Å². The molecule has 1 aromatic carbocycles. The van der Waals surface area contributed by atoms with Gasteiger partial charge in [-0.05, 0) is 38.5 Å². The van der Waals surface area contributed by atoms with E-state index in [0.717, 1.165) is 4.90 Å². The molecule has 0 aliphatic carbocycles. The third-order valence-corrected chi connectivity index (χ3v) is 4.35. The van der Waals surface area contributed by atoms with E-state index in [-0.39, 0.29) is 12.5 Å². The van der Waals surface area contributed by atoms with Crippen LogP contribution >= 0.6 is 0 Å². The van der Waals surface area contributed by atoms with Crippen LogP contribution in [-0.2, 0) is 15.1 Å². The van der Waals surface area contributed by atoms with E-state index in [0.29, 0.717) is 24.4 Å². The highest BCUT2D eigenvalue weighted by Crippen LogP contribution is 2.29. The second-order valence-corrected chi connectivity index (χ2v) is 5.74. The van der Waals surface area contributed by atoms with Crippen molar-refractivity contribution < 1.29 is 19.1 Å². The number of urea groups is 1. The molecule has 1 aliphatic rings. The Morgan fingerprint density at radius 1 is 1.21 bits per heavy atom. The van der Waals surface area contributed by atoms with Crippen molar-refractivity contribution in [3.8, 4) is 5.75 Å². The number of imide groups is 1. The van der Waals surface area contributed by atoms with Gasteiger partial charge >= 0.3 is 6.03 Å². The monoisotopic (exact) mass is 333 g/mol. The van der Waals surface area contributed by atoms with Gasteiger partial charge in [0.1, 0.15) is 17.8 Å². The molecule has 0 spiro atoms. The van der Waals surface area contributed by atoms with Gasteiger partial charge < -0.3 is 15.0 Å². The lowest BCUT2D eigenvalue weighted by molar-refractivity contribution is -0.138. The van der Waals surface area contributed by atoms with Gasteiger partial charge in [-0.25, -0.2) is 4.79 Å². The Hall–Kier alpha value is -2.57. The van der Waals surface area contributed by atoms with Crippen LogP contribution in [0.4, 0.5) is 4.79 Å². The standard InChI is InChI=1S/C17H23N3O4/c1-5-19(6-2)14(21)11-20-15(22)17(3,18-16(20)23)12-7-9-13(24-4)10-8-12/h7-10H,5-6,11H2,1-4H3,(H,18,23)/t17-/m1/s1. The summed E-state index contributed by atoms with van der Waals surface area (Å²) in [5, 5.41) is 2.69. The fraction of sp³-hybridized carbons (Fsp3) is 0.471. The van der Waals surface area contributed by atoms with Crippen LogP contribution in [0.2, 0.25) is 0 Å². The number of amides is 4. The average molecular weight is 333 g/mol. The highest BCUT2D eigenvalue weighted by atomic mass is 16.5. The third kappa shape index (κ3) is 3.06. The average Bonchev–Trinajstić information content (AvgIpc) is 2.80. The second-order valence-electron chi connectivity index (χ2n) is 5.74. The molecular formula is C17H23N3O4. The fourth-order valence-corrected chi connectivity index (χ4v) is 2.77. The van der Waals surface area contributed by atoms with Gasteiger partial charge in [0.15, 0.2) is 0 Å². The number of hydrogen-bond acceptors (Lipinski definition) is 4. The van der Waals surface area contributed by atoms with Gasteiger partial charge in [0.2, 0.25) is 5.91 Å². The molecule has 24 heavy (non-hydrogen) atoms. The number of ether oxygens (including phenoxy) is 1. The molecular weight excluding hydrogens is 310 g/mol. The van der Waals surface area contributed by atoms with E-state index in [1.54, 1.807) is 43.2 Å². The van der Waals surface area contributed by atoms with Crippen LogP contribution in [0.3, 0.4) is 0 Å². The molecule has 0 aromatic heterocycles. The van der Waals surface area contributed by atoms with Crippen molar-refractivity contribution in [2.45, 2.75) is 26.3 Å². The minimum Gasteiger partial charge on any atom is -0.497 e. The summed E-state index contributed by atoms with van der Waals surface area (Å²) in [7, 11) is 1.56. The van der Waals surface area contributed by atoms with Crippen molar-refractivity contribution in [1.82, 2.24) is 15.1 Å². The van der Waals surface area contributed by atoms with Crippen molar-refractivity contribution >= 4 is 17.8 Å². The molecule has 1 aliphatic heterocycles. The minimum atomic E-state index is -1.19. The molecule has 2 rings (SSSR count). The van der Waals surface area contributed by atoms with Crippen LogP contribution in [0.5, 0.6) is 5.75 Å². The summed E-state index contributed by atoms with van der Waals surface area (Å²) >= 11 is 0. The van der Waals surface area contributed by atoms with Gasteiger partial charge in [0, 0.05) is 13.1 Å². The lowest BCUT2D eigenvalue weighted by Gasteiger charge is -2.24. The van der Waals surface area contributed by atoms with Crippen LogP contribution in [-0.4, -0.2) is 54.4 Å². The van der Waals surface area contributed by atoms with Gasteiger partial charge in [0.25, 0.3) is 5.91 Å². The van der Waals surface area contributed by atoms with E-state index >= 15 is 0 Å². The van der Waals surface area contributed by atoms with Crippen molar-refractivity contribution in [2.75, 3.05) is 26.7 Å². The molecule has 0 radical (unpaired) electrons. The molecule has 4 amide bonds. The van der Waals surface area contributed by atoms with Crippen LogP contribution < -0.4 is 10.1 Å². The van der Waals surface area contributed by atoms with Crippen molar-refractivity contribution in [2.24, 2.45) is 0 Å². The van der Waals surface area contributed by atoms with Crippen molar-refractivity contribution in [3.05, 3.63) is 29.8 Å². The lowest BCUT2D eigenvalue weighted by Crippen LogP contribution is -2.44. The molecule has 0 unspecified atom stereocenters. The van der Waals surface area contributed by atoms with Crippen LogP contribution in [0.1, 0.15) is 26.3 Å². The number of benzene rings is 1. The Labute approximate surface area is 141 Å². The number of carbonyl (C=O) groups is 3. The van der Waals surface area contributed by atoms with E-state index in [4.69, 9.17) is 4.74 Å². The highest BCUT2D eigenvalue weighted by Gasteiger charge is 2.49. The zero-order valence-electron chi connectivity index (χ0n) is 14.5. The third-order valence-electron chi connectivity index (χ3n) is 4.35. The van der Waals surface area contributed by atoms with E-state index in [1.165, 1.54) is 0 Å². The van der Waals surface area contributed by atoms with Crippen molar-refractivity contribution in [1.29, 1.82) is 0 Å². The van der Waals surface area contributed by atoms with Gasteiger partial charge in [-0.1, -0.05) is 12.1 Å². The summed E-state index contributed by atoms with van der Waals surface area (Å²) in [4.78, 5) is 39.8. The first-order valence-electron chi connectivity index (χ1n) is 7.93. The predicted octanol–water partition coefficient (Wildman–Crippen LogP) is 1.33. The summed E-state index contributed by atoms with van der Waals surface area (Å²) in [6.07, 6.45) is 0. The van der Waals surface area contributed by atoms with E-state index in [2.05, 4.69) is 5.32 Å². The summed E-state index contributed by atoms with van der Waals surface area (Å²) in [5.41, 5.74) is -0.549. The van der Waals surface area contributed by atoms with E-state index < -0.39 is 17.5 Å². The number of likely N-dealkylation sites (N-methyl/N-ethyl adjacent to an activating group) is 1. The first kappa shape index (κ1) is 17.8. The number of rotatable bonds is 6. The van der Waals surface area contributed by atoms with E-state index in [1.807, 2.05) is 13.8 Å². The van der Waals surface area contributed by atoms with Crippen molar-refractivity contribution in [3.63, 3.8) is 0 Å². The zero-order valence-corrected chi connectivity index (χ0v) is 14.5. The fourth-order valence-electron chi connectivity index (χ4n) is 2.77. The summed E-state index contributed by atoms with van der Waals surface area (Å²) < 4.78 is 5.10. The topological polar surface area (TPSA) is 79.0 Å². The van der Waals surface area contributed by atoms with Gasteiger partial charge in [-0.3, -0.25) is 14.5 Å². The van der Waals surface area contributed by atoms with Gasteiger partial charge in [-0.15, -0.1) is 0 Å². The Morgan fingerprint density at radius 3 is 2.29 bits per heavy atom. The van der Waals surface area contributed by atoms with Crippen LogP contribution in [0.25, 0.3) is 0 Å². The zero-order chi connectivity index (χ0) is 17.9. The number of nitrogens with zero attached hydrogens (tertiary/aromatic N) is 2. The normalized spacial score (nSPS) is 20.1. The Kier molecular flexibility index (Phi) is 5.11. The highest BCUT2D eigenvalue weighted by molar-refractivity contribution is 6.09. The minimum absolute atomic E-state index is 0.248. The summed E-state index contributed by atoms with van der Waals surface area (Å²) in [6, 6.07) is 6.35. The quantitative estimate of drug-likeness (QED) is 0.797. The maximum atomic E-state index is 12.8. The maximum absolute atomic E-state index is 12.8. The molecule has 1 heterocycles. The first-order chi connectivity index (χ1) is 11.4. The Morgan fingerprint density at radius 2 is 1.79 bits per heavy atom. The summed E-state index contributed by atoms with van der Waals surface area (Å²) in [6.45, 7) is 6.17. The largest absolute Gasteiger partial charge is 0.497 e. The molecule has 0 bridgehead atoms. The van der Waals surface area contributed by atoms with Gasteiger partial charge in [0.05, 0.1) is 7.11 Å². The smallest absolute Gasteiger partial charge is 0.325 e. The molecule has 1 atom stereocenters. The first-order valence-corrected chi connectivity index (χ1v) is 7.93. The molecule has 7 heteroatoms. The molecule has 1 saturated heterocycles. The SMILES string of the molecule is CCN(CC)C(=O)CN1C(=O)N[C@](C)(c2ccc(OC)cc2)C1=O. The Balaban J connectivity index is 2.22. The lowest BCUT2D eigenvalue weighted by atomic mass is 9.92. The molecule has 130 valence electrons. The molecule has 1 N–H and O–H groups in total. The Bertz CT molecular complexity index is 640. The number of carbonyl (C=O) groups excluding carboxylic acids is 3. The number of hydrogen-bond donors (Lipinski definition) is 1. The summed E-state index contributed by atoms with van der Waals surface area (Å²) in [5.74, 6) is -0.0201. The van der Waals surface area contributed by atoms with E-state index in [9.17, 15) is 14.4 Å². The van der Waals surface area contributed by atoms with Crippen LogP contribution in [0.15, 0.2) is 24.3 Å². The maximum Gasteiger partial charge on any atom is 0.325 e. The molecule has 1 fully saturated rings. The number of nitrogens with one attached hydrogen (secondary N) is 1. The molecule has 7 nitrogen and oxygen atoms in total. The molecule has 1 aromatic rings. The molecule has 0 saturated carbocycles. The number of methoxy groups -OCH3 is 1. The van der Waals surface area contributed by atoms with Gasteiger partial charge in [-0.2, -0.15) is 0 Å². The predicted molar refractivity (Wildman–Crippen MR) is 88.5 cm³/mol.